The number of carboxylic acids is 1. The van der Waals surface area contributed by atoms with Crippen molar-refractivity contribution < 1.29 is 14.6 Å². The van der Waals surface area contributed by atoms with Gasteiger partial charge >= 0.3 is 5.97 Å². The lowest BCUT2D eigenvalue weighted by Crippen LogP contribution is -2.18. The van der Waals surface area contributed by atoms with Gasteiger partial charge in [0.25, 0.3) is 0 Å². The van der Waals surface area contributed by atoms with Gasteiger partial charge in [-0.3, -0.25) is 4.79 Å². The van der Waals surface area contributed by atoms with Crippen LogP contribution >= 0.6 is 0 Å². The number of nitrogens with one attached hydrogen (secondary N) is 1. The van der Waals surface area contributed by atoms with Crippen LogP contribution < -0.4 is 10.1 Å². The second kappa shape index (κ2) is 6.92. The average Bonchev–Trinajstić information content (AvgIpc) is 2.37. The summed E-state index contributed by atoms with van der Waals surface area (Å²) in [6.45, 7) is 4.86. The van der Waals surface area contributed by atoms with Gasteiger partial charge in [0.05, 0.1) is 7.11 Å². The smallest absolute Gasteiger partial charge is 0.303 e. The summed E-state index contributed by atoms with van der Waals surface area (Å²) in [4.78, 5) is 18.6. The fourth-order valence-corrected chi connectivity index (χ4v) is 1.65. The Labute approximate surface area is 113 Å². The summed E-state index contributed by atoms with van der Waals surface area (Å²) < 4.78 is 5.01. The first-order chi connectivity index (χ1) is 8.93. The lowest BCUT2D eigenvalue weighted by atomic mass is 9.84. The predicted octanol–water partition coefficient (Wildman–Crippen LogP) is 2.18. The molecular weight excluding hydrogens is 246 g/mol. The van der Waals surface area contributed by atoms with E-state index in [9.17, 15) is 4.79 Å². The Morgan fingerprint density at radius 3 is 2.79 bits per heavy atom. The molecule has 0 bridgehead atoms. The molecule has 1 rings (SSSR count). The van der Waals surface area contributed by atoms with Gasteiger partial charge in [-0.05, 0) is 18.3 Å². The van der Waals surface area contributed by atoms with Crippen LogP contribution in [0.5, 0.6) is 5.88 Å². The highest BCUT2D eigenvalue weighted by Gasteiger charge is 2.18. The second-order valence-electron chi connectivity index (χ2n) is 5.18. The minimum atomic E-state index is -0.749. The van der Waals surface area contributed by atoms with Crippen LogP contribution in [0.25, 0.3) is 0 Å². The van der Waals surface area contributed by atoms with Gasteiger partial charge in [0.1, 0.15) is 12.1 Å². The molecule has 0 radical (unpaired) electrons. The standard InChI is InChI=1S/C13H21N3O3/c1-13(2,5-4-12(17)18)6-7-14-10-8-11(19-3)16-9-15-10/h8-9H,4-7H2,1-3H3,(H,17,18)(H,14,15,16). The molecule has 2 N–H and O–H groups in total. The third kappa shape index (κ3) is 6.03. The van der Waals surface area contributed by atoms with Crippen molar-refractivity contribution in [1.29, 1.82) is 0 Å². The molecule has 6 nitrogen and oxygen atoms in total. The molecule has 1 aromatic heterocycles. The number of rotatable bonds is 8. The molecule has 0 aromatic carbocycles. The summed E-state index contributed by atoms with van der Waals surface area (Å²) in [6, 6.07) is 1.73. The van der Waals surface area contributed by atoms with Crippen molar-refractivity contribution in [3.05, 3.63) is 12.4 Å². The maximum Gasteiger partial charge on any atom is 0.303 e. The Balaban J connectivity index is 2.38. The van der Waals surface area contributed by atoms with E-state index in [1.807, 2.05) is 0 Å². The van der Waals surface area contributed by atoms with Crippen LogP contribution in [-0.4, -0.2) is 34.7 Å². The highest BCUT2D eigenvalue weighted by Crippen LogP contribution is 2.26. The molecule has 0 aliphatic rings. The first-order valence-electron chi connectivity index (χ1n) is 6.25. The summed E-state index contributed by atoms with van der Waals surface area (Å²) in [6.07, 6.45) is 3.18. The Hall–Kier alpha value is -1.85. The lowest BCUT2D eigenvalue weighted by molar-refractivity contribution is -0.137. The van der Waals surface area contributed by atoms with Crippen molar-refractivity contribution in [2.24, 2.45) is 5.41 Å². The van der Waals surface area contributed by atoms with Gasteiger partial charge in [-0.1, -0.05) is 13.8 Å². The maximum atomic E-state index is 10.6. The zero-order valence-corrected chi connectivity index (χ0v) is 11.6. The number of nitrogens with zero attached hydrogens (tertiary/aromatic N) is 2. The quantitative estimate of drug-likeness (QED) is 0.751. The van der Waals surface area contributed by atoms with E-state index in [-0.39, 0.29) is 11.8 Å². The van der Waals surface area contributed by atoms with E-state index in [1.165, 1.54) is 6.33 Å². The molecule has 0 aliphatic carbocycles. The van der Waals surface area contributed by atoms with Crippen molar-refractivity contribution in [3.63, 3.8) is 0 Å². The SMILES string of the molecule is COc1cc(NCCC(C)(C)CCC(=O)O)ncn1. The van der Waals surface area contributed by atoms with E-state index >= 15 is 0 Å². The maximum absolute atomic E-state index is 10.6. The molecule has 6 heteroatoms. The van der Waals surface area contributed by atoms with Gasteiger partial charge in [-0.15, -0.1) is 0 Å². The van der Waals surface area contributed by atoms with Crippen LogP contribution in [0.15, 0.2) is 12.4 Å². The van der Waals surface area contributed by atoms with Gasteiger partial charge in [0, 0.05) is 19.0 Å². The van der Waals surface area contributed by atoms with Crippen LogP contribution in [0, 0.1) is 5.41 Å². The first-order valence-corrected chi connectivity index (χ1v) is 6.25. The third-order valence-corrected chi connectivity index (χ3v) is 2.97. The zero-order valence-electron chi connectivity index (χ0n) is 11.6. The topological polar surface area (TPSA) is 84.3 Å². The molecule has 0 aliphatic heterocycles. The number of carboxylic acid groups (broad SMARTS) is 1. The average molecular weight is 267 g/mol. The van der Waals surface area contributed by atoms with Crippen LogP contribution in [0.2, 0.25) is 0 Å². The minimum absolute atomic E-state index is 0.0114. The zero-order chi connectivity index (χ0) is 14.3. The van der Waals surface area contributed by atoms with E-state index in [1.54, 1.807) is 13.2 Å². The molecule has 0 saturated heterocycles. The van der Waals surface area contributed by atoms with Crippen molar-refractivity contribution in [2.45, 2.75) is 33.1 Å². The van der Waals surface area contributed by atoms with Gasteiger partial charge in [-0.2, -0.15) is 0 Å². The molecule has 0 unspecified atom stereocenters. The van der Waals surface area contributed by atoms with Gasteiger partial charge < -0.3 is 15.2 Å². The lowest BCUT2D eigenvalue weighted by Gasteiger charge is -2.23. The molecule has 0 atom stereocenters. The fraction of sp³-hybridized carbons (Fsp3) is 0.615. The van der Waals surface area contributed by atoms with Crippen LogP contribution in [-0.2, 0) is 4.79 Å². The van der Waals surface area contributed by atoms with E-state index < -0.39 is 5.97 Å². The van der Waals surface area contributed by atoms with Gasteiger partial charge in [0.2, 0.25) is 5.88 Å². The van der Waals surface area contributed by atoms with Gasteiger partial charge in [0.15, 0.2) is 0 Å². The largest absolute Gasteiger partial charge is 0.481 e. The minimum Gasteiger partial charge on any atom is -0.481 e. The number of aromatic nitrogens is 2. The number of anilines is 1. The highest BCUT2D eigenvalue weighted by atomic mass is 16.5. The molecule has 0 spiro atoms. The van der Waals surface area contributed by atoms with Crippen molar-refractivity contribution in [2.75, 3.05) is 19.0 Å². The molecule has 0 fully saturated rings. The molecule has 1 heterocycles. The Morgan fingerprint density at radius 2 is 2.16 bits per heavy atom. The van der Waals surface area contributed by atoms with E-state index in [0.29, 0.717) is 18.1 Å². The van der Waals surface area contributed by atoms with Gasteiger partial charge in [-0.25, -0.2) is 9.97 Å². The number of methoxy groups -OCH3 is 1. The first kappa shape index (κ1) is 15.2. The fourth-order valence-electron chi connectivity index (χ4n) is 1.65. The molecular formula is C13H21N3O3. The molecule has 19 heavy (non-hydrogen) atoms. The van der Waals surface area contributed by atoms with Crippen molar-refractivity contribution in [3.8, 4) is 5.88 Å². The molecule has 1 aromatic rings. The Kier molecular flexibility index (Phi) is 5.54. The summed E-state index contributed by atoms with van der Waals surface area (Å²) in [5.41, 5.74) is -0.0114. The molecule has 0 saturated carbocycles. The number of hydrogen-bond acceptors (Lipinski definition) is 5. The molecule has 0 amide bonds. The summed E-state index contributed by atoms with van der Waals surface area (Å²) >= 11 is 0. The third-order valence-electron chi connectivity index (χ3n) is 2.97. The Bertz CT molecular complexity index is 421. The predicted molar refractivity (Wildman–Crippen MR) is 72.3 cm³/mol. The monoisotopic (exact) mass is 267 g/mol. The van der Waals surface area contributed by atoms with Crippen LogP contribution in [0.4, 0.5) is 5.82 Å². The summed E-state index contributed by atoms with van der Waals surface area (Å²) in [5.74, 6) is 0.477. The highest BCUT2D eigenvalue weighted by molar-refractivity contribution is 5.66. The number of ether oxygens (including phenoxy) is 1. The van der Waals surface area contributed by atoms with E-state index in [4.69, 9.17) is 9.84 Å². The summed E-state index contributed by atoms with van der Waals surface area (Å²) in [5, 5.41) is 11.9. The number of carbonyl (C=O) groups is 1. The normalized spacial score (nSPS) is 11.1. The molecule has 106 valence electrons. The van der Waals surface area contributed by atoms with E-state index in [2.05, 4.69) is 29.1 Å². The number of aliphatic carboxylic acids is 1. The van der Waals surface area contributed by atoms with Crippen LogP contribution in [0.3, 0.4) is 0 Å². The van der Waals surface area contributed by atoms with Crippen LogP contribution in [0.1, 0.15) is 33.1 Å². The summed E-state index contributed by atoms with van der Waals surface area (Å²) in [7, 11) is 1.56. The van der Waals surface area contributed by atoms with Crippen molar-refractivity contribution >= 4 is 11.8 Å². The van der Waals surface area contributed by atoms with Crippen molar-refractivity contribution in [1.82, 2.24) is 9.97 Å². The van der Waals surface area contributed by atoms with E-state index in [0.717, 1.165) is 13.0 Å². The Morgan fingerprint density at radius 1 is 1.42 bits per heavy atom. The second-order valence-corrected chi connectivity index (χ2v) is 5.18. The number of hydrogen-bond donors (Lipinski definition) is 2.